The topological polar surface area (TPSA) is 57.0 Å². The van der Waals surface area contributed by atoms with Gasteiger partial charge in [-0.3, -0.25) is 9.36 Å². The fraction of sp³-hybridized carbons (Fsp3) is 0.250. The Kier molecular flexibility index (Phi) is 5.73. The van der Waals surface area contributed by atoms with E-state index in [1.807, 2.05) is 60.9 Å². The molecule has 2 aromatic carbocycles. The highest BCUT2D eigenvalue weighted by Crippen LogP contribution is 2.30. The van der Waals surface area contributed by atoms with Crippen LogP contribution in [0.3, 0.4) is 0 Å². The summed E-state index contributed by atoms with van der Waals surface area (Å²) in [4.78, 5) is 11.7. The van der Waals surface area contributed by atoms with E-state index in [4.69, 9.17) is 4.74 Å². The van der Waals surface area contributed by atoms with Gasteiger partial charge in [-0.25, -0.2) is 0 Å². The van der Waals surface area contributed by atoms with E-state index in [9.17, 15) is 4.79 Å². The van der Waals surface area contributed by atoms with Gasteiger partial charge in [-0.05, 0) is 51.1 Å². The lowest BCUT2D eigenvalue weighted by Gasteiger charge is -2.12. The molecular formula is C20H21N3O2S. The number of ketones is 1. The SMILES string of the molecule is CCOc1ccc(C(C)=O)cc1CSc1nnc(C)n1-c1ccccc1. The normalized spacial score (nSPS) is 10.7. The van der Waals surface area contributed by atoms with Crippen LogP contribution in [0.2, 0.25) is 0 Å². The van der Waals surface area contributed by atoms with Gasteiger partial charge in [0, 0.05) is 22.6 Å². The van der Waals surface area contributed by atoms with Crippen molar-refractivity contribution in [1.82, 2.24) is 14.8 Å². The van der Waals surface area contributed by atoms with E-state index in [0.29, 0.717) is 17.9 Å². The Morgan fingerprint density at radius 1 is 1.15 bits per heavy atom. The van der Waals surface area contributed by atoms with Crippen molar-refractivity contribution in [3.8, 4) is 11.4 Å². The average Bonchev–Trinajstić information content (AvgIpc) is 3.02. The standard InChI is InChI=1S/C20H21N3O2S/c1-4-25-19-11-10-16(14(2)24)12-17(19)13-26-20-22-21-15(3)23(20)18-8-6-5-7-9-18/h5-12H,4,13H2,1-3H3. The number of para-hydroxylation sites is 1. The van der Waals surface area contributed by atoms with E-state index < -0.39 is 0 Å². The van der Waals surface area contributed by atoms with E-state index in [-0.39, 0.29) is 5.78 Å². The van der Waals surface area contributed by atoms with Crippen LogP contribution in [0.1, 0.15) is 35.6 Å². The molecule has 1 aromatic heterocycles. The smallest absolute Gasteiger partial charge is 0.196 e. The van der Waals surface area contributed by atoms with Crippen molar-refractivity contribution in [2.24, 2.45) is 0 Å². The fourth-order valence-corrected chi connectivity index (χ4v) is 3.64. The third kappa shape index (κ3) is 3.96. The Morgan fingerprint density at radius 3 is 2.62 bits per heavy atom. The zero-order valence-corrected chi connectivity index (χ0v) is 15.9. The molecule has 0 fully saturated rings. The van der Waals surface area contributed by atoms with Gasteiger partial charge >= 0.3 is 0 Å². The highest BCUT2D eigenvalue weighted by Gasteiger charge is 2.14. The second-order valence-corrected chi connectivity index (χ2v) is 6.74. The molecule has 0 aliphatic carbocycles. The van der Waals surface area contributed by atoms with Gasteiger partial charge < -0.3 is 4.74 Å². The third-order valence-corrected chi connectivity index (χ3v) is 4.91. The first-order valence-electron chi connectivity index (χ1n) is 8.47. The van der Waals surface area contributed by atoms with E-state index in [2.05, 4.69) is 10.2 Å². The summed E-state index contributed by atoms with van der Waals surface area (Å²) >= 11 is 1.57. The lowest BCUT2D eigenvalue weighted by atomic mass is 10.1. The van der Waals surface area contributed by atoms with Crippen molar-refractivity contribution in [1.29, 1.82) is 0 Å². The van der Waals surface area contributed by atoms with Crippen LogP contribution in [0.4, 0.5) is 0 Å². The molecule has 0 spiro atoms. The van der Waals surface area contributed by atoms with Crippen LogP contribution in [0.25, 0.3) is 5.69 Å². The number of hydrogen-bond donors (Lipinski definition) is 0. The summed E-state index contributed by atoms with van der Waals surface area (Å²) < 4.78 is 7.74. The Bertz CT molecular complexity index is 907. The molecule has 0 N–H and O–H groups in total. The average molecular weight is 367 g/mol. The maximum absolute atomic E-state index is 11.7. The minimum Gasteiger partial charge on any atom is -0.494 e. The number of benzene rings is 2. The summed E-state index contributed by atoms with van der Waals surface area (Å²) in [6.07, 6.45) is 0. The molecule has 3 aromatic rings. The van der Waals surface area contributed by atoms with E-state index in [1.54, 1.807) is 24.8 Å². The lowest BCUT2D eigenvalue weighted by molar-refractivity contribution is 0.101. The van der Waals surface area contributed by atoms with Gasteiger partial charge in [0.1, 0.15) is 11.6 Å². The van der Waals surface area contributed by atoms with Crippen molar-refractivity contribution < 1.29 is 9.53 Å². The number of Topliss-reactive ketones (excluding diaryl/α,β-unsaturated/α-hetero) is 1. The largest absolute Gasteiger partial charge is 0.494 e. The van der Waals surface area contributed by atoms with Crippen LogP contribution >= 0.6 is 11.8 Å². The summed E-state index contributed by atoms with van der Waals surface area (Å²) in [5.74, 6) is 2.32. The molecule has 134 valence electrons. The summed E-state index contributed by atoms with van der Waals surface area (Å²) in [5, 5.41) is 9.33. The summed E-state index contributed by atoms with van der Waals surface area (Å²) in [5.41, 5.74) is 2.69. The van der Waals surface area contributed by atoms with Gasteiger partial charge in [-0.15, -0.1) is 10.2 Å². The first kappa shape index (κ1) is 18.2. The molecule has 26 heavy (non-hydrogen) atoms. The van der Waals surface area contributed by atoms with Gasteiger partial charge in [0.25, 0.3) is 0 Å². The Morgan fingerprint density at radius 2 is 1.92 bits per heavy atom. The number of nitrogens with zero attached hydrogens (tertiary/aromatic N) is 3. The Balaban J connectivity index is 1.88. The molecule has 0 bridgehead atoms. The monoisotopic (exact) mass is 367 g/mol. The molecule has 0 amide bonds. The first-order chi connectivity index (χ1) is 12.6. The molecule has 0 saturated carbocycles. The molecule has 5 nitrogen and oxygen atoms in total. The van der Waals surface area contributed by atoms with Crippen molar-refractivity contribution in [3.05, 3.63) is 65.5 Å². The number of aryl methyl sites for hydroxylation is 1. The Labute approximate surface area is 157 Å². The van der Waals surface area contributed by atoms with Gasteiger partial charge in [0.05, 0.1) is 6.61 Å². The maximum Gasteiger partial charge on any atom is 0.196 e. The van der Waals surface area contributed by atoms with E-state index in [1.165, 1.54) is 0 Å². The van der Waals surface area contributed by atoms with Gasteiger partial charge in [0.15, 0.2) is 10.9 Å². The van der Waals surface area contributed by atoms with Crippen LogP contribution in [0.15, 0.2) is 53.7 Å². The molecule has 1 heterocycles. The van der Waals surface area contributed by atoms with Crippen molar-refractivity contribution in [2.75, 3.05) is 6.61 Å². The quantitative estimate of drug-likeness (QED) is 0.455. The minimum absolute atomic E-state index is 0.0441. The third-order valence-electron chi connectivity index (χ3n) is 3.93. The van der Waals surface area contributed by atoms with Crippen LogP contribution in [-0.2, 0) is 5.75 Å². The molecule has 0 saturated heterocycles. The maximum atomic E-state index is 11.7. The van der Waals surface area contributed by atoms with Gasteiger partial charge in [-0.1, -0.05) is 30.0 Å². The summed E-state index contributed by atoms with van der Waals surface area (Å²) in [6.45, 7) is 6.04. The predicted octanol–water partition coefficient (Wildman–Crippen LogP) is 4.47. The zero-order chi connectivity index (χ0) is 18.5. The van der Waals surface area contributed by atoms with Crippen LogP contribution in [-0.4, -0.2) is 27.2 Å². The number of hydrogen-bond acceptors (Lipinski definition) is 5. The minimum atomic E-state index is 0.0441. The highest BCUT2D eigenvalue weighted by atomic mass is 32.2. The number of rotatable bonds is 7. The second kappa shape index (κ2) is 8.19. The van der Waals surface area contributed by atoms with Gasteiger partial charge in [0.2, 0.25) is 0 Å². The van der Waals surface area contributed by atoms with Crippen LogP contribution in [0.5, 0.6) is 5.75 Å². The molecule has 0 aliphatic heterocycles. The number of thioether (sulfide) groups is 1. The van der Waals surface area contributed by atoms with Crippen molar-refractivity contribution >= 4 is 17.5 Å². The molecule has 0 aliphatic rings. The van der Waals surface area contributed by atoms with Crippen molar-refractivity contribution in [2.45, 2.75) is 31.7 Å². The number of ether oxygens (including phenoxy) is 1. The number of carbonyl (C=O) groups excluding carboxylic acids is 1. The highest BCUT2D eigenvalue weighted by molar-refractivity contribution is 7.98. The Hall–Kier alpha value is -2.60. The number of carbonyl (C=O) groups is 1. The predicted molar refractivity (Wildman–Crippen MR) is 103 cm³/mol. The molecular weight excluding hydrogens is 346 g/mol. The summed E-state index contributed by atoms with van der Waals surface area (Å²) in [6, 6.07) is 15.6. The molecule has 0 unspecified atom stereocenters. The molecule has 0 atom stereocenters. The lowest BCUT2D eigenvalue weighted by Crippen LogP contribution is -2.01. The molecule has 6 heteroatoms. The number of aromatic nitrogens is 3. The zero-order valence-electron chi connectivity index (χ0n) is 15.1. The van der Waals surface area contributed by atoms with E-state index in [0.717, 1.165) is 28.0 Å². The van der Waals surface area contributed by atoms with E-state index >= 15 is 0 Å². The van der Waals surface area contributed by atoms with Gasteiger partial charge in [-0.2, -0.15) is 0 Å². The fourth-order valence-electron chi connectivity index (χ4n) is 2.66. The summed E-state index contributed by atoms with van der Waals surface area (Å²) in [7, 11) is 0. The molecule has 0 radical (unpaired) electrons. The first-order valence-corrected chi connectivity index (χ1v) is 9.45. The van der Waals surface area contributed by atoms with Crippen molar-refractivity contribution in [3.63, 3.8) is 0 Å². The van der Waals surface area contributed by atoms with Crippen LogP contribution in [0, 0.1) is 6.92 Å². The molecule has 3 rings (SSSR count). The second-order valence-electron chi connectivity index (χ2n) is 5.80. The van der Waals surface area contributed by atoms with Crippen LogP contribution < -0.4 is 4.74 Å².